The molecular formula is C18H14FN3S3. The summed E-state index contributed by atoms with van der Waals surface area (Å²) < 4.78 is 16.0. The van der Waals surface area contributed by atoms with E-state index in [0.717, 1.165) is 9.90 Å². The van der Waals surface area contributed by atoms with Gasteiger partial charge >= 0.3 is 0 Å². The van der Waals surface area contributed by atoms with Gasteiger partial charge in [0.15, 0.2) is 8.29 Å². The van der Waals surface area contributed by atoms with Crippen molar-refractivity contribution in [2.24, 2.45) is 0 Å². The molecule has 0 aliphatic carbocycles. The molecule has 126 valence electrons. The molecular weight excluding hydrogens is 373 g/mol. The maximum absolute atomic E-state index is 13.1. The Morgan fingerprint density at radius 1 is 1.24 bits per heavy atom. The summed E-state index contributed by atoms with van der Waals surface area (Å²) in [5, 5.41) is 13.7. The van der Waals surface area contributed by atoms with Gasteiger partial charge < -0.3 is 0 Å². The number of benzene rings is 2. The number of aryl methyl sites for hydroxylation is 1. The van der Waals surface area contributed by atoms with Crippen molar-refractivity contribution >= 4 is 35.3 Å². The van der Waals surface area contributed by atoms with Gasteiger partial charge in [0.2, 0.25) is 0 Å². The smallest absolute Gasteiger partial charge is 0.184 e. The maximum Gasteiger partial charge on any atom is 0.184 e. The molecule has 0 saturated carbocycles. The molecule has 1 atom stereocenters. The lowest BCUT2D eigenvalue weighted by atomic mass is 10.1. The average Bonchev–Trinajstić information content (AvgIpc) is 2.97. The Morgan fingerprint density at radius 2 is 1.92 bits per heavy atom. The number of nitrogens with zero attached hydrogens (tertiary/aromatic N) is 3. The first-order valence-electron chi connectivity index (χ1n) is 7.53. The van der Waals surface area contributed by atoms with Crippen LogP contribution in [0.2, 0.25) is 0 Å². The molecule has 3 nitrogen and oxygen atoms in total. The van der Waals surface area contributed by atoms with Crippen molar-refractivity contribution in [3.8, 4) is 11.8 Å². The van der Waals surface area contributed by atoms with Gasteiger partial charge in [0.05, 0.1) is 11.8 Å². The number of nitriles is 1. The highest BCUT2D eigenvalue weighted by Crippen LogP contribution is 2.29. The number of halogens is 1. The molecule has 3 aromatic rings. The van der Waals surface area contributed by atoms with Crippen molar-refractivity contribution in [1.29, 1.82) is 5.26 Å². The second-order valence-corrected chi connectivity index (χ2v) is 8.52. The van der Waals surface area contributed by atoms with Crippen LogP contribution in [0.25, 0.3) is 5.69 Å². The minimum absolute atomic E-state index is 0.245. The van der Waals surface area contributed by atoms with Crippen LogP contribution in [0, 0.1) is 28.0 Å². The Morgan fingerprint density at radius 3 is 2.56 bits per heavy atom. The summed E-state index contributed by atoms with van der Waals surface area (Å²) >= 11 is 8.11. The van der Waals surface area contributed by atoms with Crippen LogP contribution in [-0.4, -0.2) is 15.0 Å². The Kier molecular flexibility index (Phi) is 5.63. The van der Waals surface area contributed by atoms with Crippen molar-refractivity contribution in [3.63, 3.8) is 0 Å². The average molecular weight is 388 g/mol. The molecule has 1 heterocycles. The van der Waals surface area contributed by atoms with Crippen LogP contribution in [-0.2, 0) is 6.42 Å². The third-order valence-corrected chi connectivity index (χ3v) is 5.93. The fraction of sp³-hybridized carbons (Fsp3) is 0.167. The molecule has 3 rings (SSSR count). The predicted octanol–water partition coefficient (Wildman–Crippen LogP) is 5.34. The second-order valence-electron chi connectivity index (χ2n) is 5.45. The number of hydrogen-bond acceptors (Lipinski definition) is 5. The van der Waals surface area contributed by atoms with Crippen LogP contribution in [0.1, 0.15) is 11.1 Å². The molecule has 0 bridgehead atoms. The SMILES string of the molecule is Cc1ccc(C[C@@H](C#N)Sc2nn(-c3ccc(F)cc3)c(=S)s2)cc1. The van der Waals surface area contributed by atoms with Crippen molar-refractivity contribution in [2.45, 2.75) is 22.9 Å². The molecule has 0 N–H and O–H groups in total. The second kappa shape index (κ2) is 7.91. The monoisotopic (exact) mass is 387 g/mol. The van der Waals surface area contributed by atoms with E-state index in [1.165, 1.54) is 40.8 Å². The standard InChI is InChI=1S/C18H14FN3S3/c1-12-2-4-13(5-3-12)10-16(11-20)24-17-21-22(18(23)25-17)15-8-6-14(19)7-9-15/h2-9,16H,10H2,1H3/t16-/m0/s1. The lowest BCUT2D eigenvalue weighted by Crippen LogP contribution is -2.04. The first kappa shape index (κ1) is 17.8. The van der Waals surface area contributed by atoms with Crippen molar-refractivity contribution in [1.82, 2.24) is 9.78 Å². The fourth-order valence-electron chi connectivity index (χ4n) is 2.23. The quantitative estimate of drug-likeness (QED) is 0.438. The van der Waals surface area contributed by atoms with Gasteiger partial charge in [-0.25, -0.2) is 9.07 Å². The van der Waals surface area contributed by atoms with E-state index in [1.807, 2.05) is 31.2 Å². The zero-order valence-corrected chi connectivity index (χ0v) is 15.8. The molecule has 7 heteroatoms. The Labute approximate surface area is 158 Å². The van der Waals surface area contributed by atoms with Crippen LogP contribution in [0.3, 0.4) is 0 Å². The first-order valence-corrected chi connectivity index (χ1v) is 9.63. The van der Waals surface area contributed by atoms with Gasteiger partial charge in [-0.05, 0) is 55.4 Å². The molecule has 0 fully saturated rings. The Bertz CT molecular complexity index is 953. The largest absolute Gasteiger partial charge is 0.211 e. The van der Waals surface area contributed by atoms with E-state index in [2.05, 4.69) is 11.2 Å². The van der Waals surface area contributed by atoms with E-state index < -0.39 is 0 Å². The normalized spacial score (nSPS) is 11.9. The lowest BCUT2D eigenvalue weighted by molar-refractivity contribution is 0.627. The zero-order chi connectivity index (χ0) is 17.8. The summed E-state index contributed by atoms with van der Waals surface area (Å²) in [6.07, 6.45) is 0.643. The summed E-state index contributed by atoms with van der Waals surface area (Å²) in [6.45, 7) is 2.04. The third-order valence-electron chi connectivity index (χ3n) is 3.53. The minimum Gasteiger partial charge on any atom is -0.211 e. The molecule has 1 aromatic heterocycles. The van der Waals surface area contributed by atoms with Crippen LogP contribution in [0.4, 0.5) is 4.39 Å². The number of rotatable bonds is 5. The van der Waals surface area contributed by atoms with Crippen LogP contribution in [0.15, 0.2) is 52.9 Å². The van der Waals surface area contributed by atoms with E-state index in [-0.39, 0.29) is 11.1 Å². The number of hydrogen-bond donors (Lipinski definition) is 0. The molecule has 25 heavy (non-hydrogen) atoms. The summed E-state index contributed by atoms with van der Waals surface area (Å²) in [5.74, 6) is -0.303. The van der Waals surface area contributed by atoms with Crippen molar-refractivity contribution < 1.29 is 4.39 Å². The first-order chi connectivity index (χ1) is 12.0. The van der Waals surface area contributed by atoms with Crippen molar-refractivity contribution in [3.05, 3.63) is 69.4 Å². The van der Waals surface area contributed by atoms with E-state index in [1.54, 1.807) is 16.8 Å². The summed E-state index contributed by atoms with van der Waals surface area (Å²) in [7, 11) is 0. The molecule has 0 spiro atoms. The number of aromatic nitrogens is 2. The van der Waals surface area contributed by atoms with Gasteiger partial charge in [0.1, 0.15) is 11.1 Å². The van der Waals surface area contributed by atoms with Gasteiger partial charge in [-0.2, -0.15) is 5.26 Å². The Balaban J connectivity index is 1.76. The molecule has 0 aliphatic heterocycles. The summed E-state index contributed by atoms with van der Waals surface area (Å²) in [6, 6.07) is 16.5. The summed E-state index contributed by atoms with van der Waals surface area (Å²) in [4.78, 5) is 0. The van der Waals surface area contributed by atoms with Gasteiger partial charge in [-0.3, -0.25) is 0 Å². The van der Waals surface area contributed by atoms with Gasteiger partial charge in [0.25, 0.3) is 0 Å². The number of thioether (sulfide) groups is 1. The highest BCUT2D eigenvalue weighted by molar-refractivity contribution is 8.01. The van der Waals surface area contributed by atoms with Crippen LogP contribution >= 0.6 is 35.3 Å². The van der Waals surface area contributed by atoms with Gasteiger partial charge in [-0.15, -0.1) is 5.10 Å². The maximum atomic E-state index is 13.1. The van der Waals surface area contributed by atoms with E-state index in [0.29, 0.717) is 16.1 Å². The Hall–Kier alpha value is -2.01. The molecule has 2 aromatic carbocycles. The van der Waals surface area contributed by atoms with E-state index >= 15 is 0 Å². The lowest BCUT2D eigenvalue weighted by Gasteiger charge is -2.07. The highest BCUT2D eigenvalue weighted by Gasteiger charge is 2.15. The molecule has 0 radical (unpaired) electrons. The van der Waals surface area contributed by atoms with Gasteiger partial charge in [-0.1, -0.05) is 52.9 Å². The van der Waals surface area contributed by atoms with E-state index in [9.17, 15) is 9.65 Å². The molecule has 0 unspecified atom stereocenters. The zero-order valence-electron chi connectivity index (χ0n) is 13.3. The highest BCUT2D eigenvalue weighted by atomic mass is 32.2. The van der Waals surface area contributed by atoms with Gasteiger partial charge in [0, 0.05) is 0 Å². The molecule has 0 saturated heterocycles. The fourth-order valence-corrected chi connectivity index (χ4v) is 4.75. The van der Waals surface area contributed by atoms with Crippen LogP contribution in [0.5, 0.6) is 0 Å². The predicted molar refractivity (Wildman–Crippen MR) is 102 cm³/mol. The molecule has 0 aliphatic rings. The van der Waals surface area contributed by atoms with E-state index in [4.69, 9.17) is 12.2 Å². The third kappa shape index (κ3) is 4.54. The van der Waals surface area contributed by atoms with Crippen molar-refractivity contribution in [2.75, 3.05) is 0 Å². The minimum atomic E-state index is -0.303. The van der Waals surface area contributed by atoms with Crippen LogP contribution < -0.4 is 0 Å². The summed E-state index contributed by atoms with van der Waals surface area (Å²) in [5.41, 5.74) is 3.02. The molecule has 0 amide bonds. The topological polar surface area (TPSA) is 41.6 Å².